The zero-order valence-corrected chi connectivity index (χ0v) is 13.3. The normalized spacial score (nSPS) is 30.8. The minimum Gasteiger partial charge on any atom is -0.340 e. The lowest BCUT2D eigenvalue weighted by atomic mass is 9.54. The van der Waals surface area contributed by atoms with Gasteiger partial charge in [-0.15, -0.1) is 0 Å². The van der Waals surface area contributed by atoms with Gasteiger partial charge in [0.1, 0.15) is 0 Å². The molecular weight excluding hydrogens is 309 g/mol. The summed E-state index contributed by atoms with van der Waals surface area (Å²) < 4.78 is 39.8. The van der Waals surface area contributed by atoms with Gasteiger partial charge in [-0.3, -0.25) is 4.79 Å². The van der Waals surface area contributed by atoms with Crippen molar-refractivity contribution in [1.82, 2.24) is 19.9 Å². The summed E-state index contributed by atoms with van der Waals surface area (Å²) in [5.74, 6) is -2.87. The van der Waals surface area contributed by atoms with Crippen LogP contribution < -0.4 is 0 Å². The summed E-state index contributed by atoms with van der Waals surface area (Å²) in [6, 6.07) is -0.0554. The van der Waals surface area contributed by atoms with Crippen molar-refractivity contribution in [2.24, 2.45) is 17.3 Å². The van der Waals surface area contributed by atoms with Crippen LogP contribution in [0.25, 0.3) is 0 Å². The maximum absolute atomic E-state index is 13.3. The Labute approximate surface area is 132 Å². The predicted octanol–water partition coefficient (Wildman–Crippen LogP) is 2.67. The number of hydrogen-bond acceptors (Lipinski definition) is 3. The van der Waals surface area contributed by atoms with Crippen LogP contribution in [0.4, 0.5) is 13.2 Å². The number of carbonyl (C=O) groups excluding carboxylic acids is 1. The molecule has 2 fully saturated rings. The summed E-state index contributed by atoms with van der Waals surface area (Å²) in [7, 11) is 0. The second-order valence-electron chi connectivity index (χ2n) is 7.25. The highest BCUT2D eigenvalue weighted by molar-refractivity contribution is 5.80. The van der Waals surface area contributed by atoms with Crippen LogP contribution in [0.5, 0.6) is 0 Å². The Balaban J connectivity index is 1.71. The highest BCUT2D eigenvalue weighted by Crippen LogP contribution is 2.58. The summed E-state index contributed by atoms with van der Waals surface area (Å²) in [6.45, 7) is 4.07. The van der Waals surface area contributed by atoms with Crippen molar-refractivity contribution in [3.8, 4) is 0 Å². The van der Waals surface area contributed by atoms with Gasteiger partial charge in [-0.05, 0) is 24.7 Å². The average molecular weight is 330 g/mol. The molecule has 1 saturated heterocycles. The number of nitrogens with zero attached hydrogens (tertiary/aromatic N) is 4. The average Bonchev–Trinajstić information content (AvgIpc) is 2.96. The Hall–Kier alpha value is -1.60. The van der Waals surface area contributed by atoms with E-state index in [0.717, 1.165) is 12.8 Å². The fourth-order valence-electron chi connectivity index (χ4n) is 4.09. The van der Waals surface area contributed by atoms with E-state index in [1.807, 2.05) is 0 Å². The summed E-state index contributed by atoms with van der Waals surface area (Å²) in [6.07, 6.45) is 0.671. The standard InChI is InChI=1S/C15H21F3N4O/c1-14(2)8-11(12(14)15(16,17)18)13(23)21-7-3-4-10(9-21)22-19-5-6-20-22/h5-6,10-12H,3-4,7-9H2,1-2H3. The predicted molar refractivity (Wildman–Crippen MR) is 76.3 cm³/mol. The van der Waals surface area contributed by atoms with E-state index in [9.17, 15) is 18.0 Å². The summed E-state index contributed by atoms with van der Waals surface area (Å²) in [5.41, 5.74) is -0.864. The second-order valence-corrected chi connectivity index (χ2v) is 7.25. The van der Waals surface area contributed by atoms with Gasteiger partial charge in [-0.2, -0.15) is 28.2 Å². The molecule has 128 valence electrons. The lowest BCUT2D eigenvalue weighted by Gasteiger charge is -2.52. The molecule has 2 heterocycles. The molecule has 8 heteroatoms. The van der Waals surface area contributed by atoms with Crippen LogP contribution in [0.3, 0.4) is 0 Å². The number of halogens is 3. The minimum atomic E-state index is -4.33. The van der Waals surface area contributed by atoms with Crippen molar-refractivity contribution in [2.75, 3.05) is 13.1 Å². The fraction of sp³-hybridized carbons (Fsp3) is 0.800. The highest BCUT2D eigenvalue weighted by Gasteiger charge is 2.63. The van der Waals surface area contributed by atoms with Crippen molar-refractivity contribution in [3.63, 3.8) is 0 Å². The molecule has 1 aromatic rings. The smallest absolute Gasteiger partial charge is 0.340 e. The molecule has 1 aliphatic carbocycles. The van der Waals surface area contributed by atoms with Gasteiger partial charge in [0, 0.05) is 13.1 Å². The maximum Gasteiger partial charge on any atom is 0.393 e. The number of rotatable bonds is 2. The van der Waals surface area contributed by atoms with E-state index in [2.05, 4.69) is 10.2 Å². The van der Waals surface area contributed by atoms with Gasteiger partial charge in [0.15, 0.2) is 0 Å². The highest BCUT2D eigenvalue weighted by atomic mass is 19.4. The van der Waals surface area contributed by atoms with E-state index in [4.69, 9.17) is 0 Å². The van der Waals surface area contributed by atoms with E-state index < -0.39 is 23.4 Å². The molecule has 0 N–H and O–H groups in total. The Morgan fingerprint density at radius 3 is 2.48 bits per heavy atom. The Morgan fingerprint density at radius 1 is 1.26 bits per heavy atom. The van der Waals surface area contributed by atoms with Crippen molar-refractivity contribution < 1.29 is 18.0 Å². The first kappa shape index (κ1) is 16.3. The van der Waals surface area contributed by atoms with Crippen LogP contribution in [0.1, 0.15) is 39.2 Å². The van der Waals surface area contributed by atoms with Crippen LogP contribution in [0.2, 0.25) is 0 Å². The molecule has 3 rings (SSSR count). The number of aromatic nitrogens is 3. The molecule has 1 saturated carbocycles. The number of alkyl halides is 3. The Kier molecular flexibility index (Phi) is 3.88. The third-order valence-electron chi connectivity index (χ3n) is 5.13. The first-order valence-electron chi connectivity index (χ1n) is 7.91. The Morgan fingerprint density at radius 2 is 1.91 bits per heavy atom. The molecule has 1 aromatic heterocycles. The molecular formula is C15H21F3N4O. The molecule has 3 atom stereocenters. The van der Waals surface area contributed by atoms with Gasteiger partial charge in [0.25, 0.3) is 0 Å². The quantitative estimate of drug-likeness (QED) is 0.838. The van der Waals surface area contributed by atoms with Crippen LogP contribution in [0, 0.1) is 17.3 Å². The third-order valence-corrected chi connectivity index (χ3v) is 5.13. The number of hydrogen-bond donors (Lipinski definition) is 0. The molecule has 5 nitrogen and oxygen atoms in total. The molecule has 0 radical (unpaired) electrons. The topological polar surface area (TPSA) is 51.0 Å². The number of amides is 1. The van der Waals surface area contributed by atoms with Gasteiger partial charge in [-0.1, -0.05) is 13.8 Å². The molecule has 0 aromatic carbocycles. The first-order valence-corrected chi connectivity index (χ1v) is 7.91. The van der Waals surface area contributed by atoms with Gasteiger partial charge in [0.2, 0.25) is 5.91 Å². The van der Waals surface area contributed by atoms with E-state index in [1.165, 1.54) is 0 Å². The van der Waals surface area contributed by atoms with Gasteiger partial charge >= 0.3 is 6.18 Å². The zero-order valence-electron chi connectivity index (χ0n) is 13.3. The molecule has 1 amide bonds. The van der Waals surface area contributed by atoms with E-state index in [-0.39, 0.29) is 18.4 Å². The summed E-state index contributed by atoms with van der Waals surface area (Å²) in [5, 5.41) is 8.16. The van der Waals surface area contributed by atoms with Crippen LogP contribution >= 0.6 is 0 Å². The molecule has 2 aliphatic rings. The zero-order chi connectivity index (χ0) is 16.8. The minimum absolute atomic E-state index is 0.0554. The van der Waals surface area contributed by atoms with E-state index in [1.54, 1.807) is 35.9 Å². The molecule has 1 aliphatic heterocycles. The van der Waals surface area contributed by atoms with Crippen molar-refractivity contribution in [3.05, 3.63) is 12.4 Å². The third kappa shape index (κ3) is 2.95. The summed E-state index contributed by atoms with van der Waals surface area (Å²) >= 11 is 0. The number of carbonyl (C=O) groups is 1. The lowest BCUT2D eigenvalue weighted by Crippen LogP contribution is -2.58. The van der Waals surface area contributed by atoms with Crippen LogP contribution in [-0.4, -0.2) is 45.1 Å². The lowest BCUT2D eigenvalue weighted by molar-refractivity contribution is -0.257. The maximum atomic E-state index is 13.3. The molecule has 3 unspecified atom stereocenters. The SMILES string of the molecule is CC1(C)CC(C(=O)N2CCCC(n3nccn3)C2)C1C(F)(F)F. The van der Waals surface area contributed by atoms with Crippen LogP contribution in [-0.2, 0) is 4.79 Å². The summed E-state index contributed by atoms with van der Waals surface area (Å²) in [4.78, 5) is 15.7. The molecule has 23 heavy (non-hydrogen) atoms. The van der Waals surface area contributed by atoms with Gasteiger partial charge < -0.3 is 4.90 Å². The van der Waals surface area contributed by atoms with Gasteiger partial charge in [-0.25, -0.2) is 0 Å². The molecule has 0 spiro atoms. The fourth-order valence-corrected chi connectivity index (χ4v) is 4.09. The monoisotopic (exact) mass is 330 g/mol. The van der Waals surface area contributed by atoms with Crippen LogP contribution in [0.15, 0.2) is 12.4 Å². The first-order chi connectivity index (χ1) is 10.7. The van der Waals surface area contributed by atoms with Gasteiger partial charge in [0.05, 0.1) is 30.3 Å². The largest absolute Gasteiger partial charge is 0.393 e. The number of piperidine rings is 1. The second kappa shape index (κ2) is 5.49. The molecule has 0 bridgehead atoms. The van der Waals surface area contributed by atoms with Crippen molar-refractivity contribution >= 4 is 5.91 Å². The Bertz CT molecular complexity index is 560. The number of likely N-dealkylation sites (tertiary alicyclic amines) is 1. The van der Waals surface area contributed by atoms with E-state index in [0.29, 0.717) is 13.1 Å². The van der Waals surface area contributed by atoms with Crippen molar-refractivity contribution in [1.29, 1.82) is 0 Å². The van der Waals surface area contributed by atoms with E-state index >= 15 is 0 Å². The van der Waals surface area contributed by atoms with Crippen molar-refractivity contribution in [2.45, 2.75) is 45.3 Å².